The van der Waals surface area contributed by atoms with Crippen molar-refractivity contribution in [1.29, 1.82) is 0 Å². The molecule has 19 heavy (non-hydrogen) atoms. The zero-order chi connectivity index (χ0) is 13.8. The number of aromatic nitrogens is 1. The number of hydrogen-bond acceptors (Lipinski definition) is 4. The minimum absolute atomic E-state index is 0.103. The smallest absolute Gasteiger partial charge is 0.221 e. The Morgan fingerprint density at radius 3 is 2.95 bits per heavy atom. The second-order valence-electron chi connectivity index (χ2n) is 5.47. The fourth-order valence-corrected chi connectivity index (χ4v) is 2.64. The Hall–Kier alpha value is -1.36. The van der Waals surface area contributed by atoms with Gasteiger partial charge in [-0.25, -0.2) is 0 Å². The third kappa shape index (κ3) is 3.80. The molecule has 1 fully saturated rings. The van der Waals surface area contributed by atoms with E-state index in [1.54, 1.807) is 0 Å². The maximum Gasteiger partial charge on any atom is 0.221 e. The van der Waals surface area contributed by atoms with Gasteiger partial charge in [-0.15, -0.1) is 0 Å². The first kappa shape index (κ1) is 14.1. The molecule has 2 atom stereocenters. The Labute approximate surface area is 114 Å². The van der Waals surface area contributed by atoms with Crippen LogP contribution in [0.4, 0.5) is 0 Å². The predicted octanol–water partition coefficient (Wildman–Crippen LogP) is 1.48. The van der Waals surface area contributed by atoms with Crippen LogP contribution in [0.3, 0.4) is 0 Å². The zero-order valence-electron chi connectivity index (χ0n) is 12.0. The van der Waals surface area contributed by atoms with E-state index in [2.05, 4.69) is 15.8 Å². The average molecular weight is 265 g/mol. The van der Waals surface area contributed by atoms with Crippen molar-refractivity contribution >= 4 is 5.91 Å². The summed E-state index contributed by atoms with van der Waals surface area (Å²) in [4.78, 5) is 11.9. The maximum absolute atomic E-state index is 11.9. The van der Waals surface area contributed by atoms with Crippen LogP contribution in [-0.2, 0) is 11.2 Å². The fraction of sp³-hybridized carbons (Fsp3) is 0.714. The van der Waals surface area contributed by atoms with Gasteiger partial charge in [0.15, 0.2) is 0 Å². The van der Waals surface area contributed by atoms with Gasteiger partial charge in [-0.1, -0.05) is 5.16 Å². The lowest BCUT2D eigenvalue weighted by atomic mass is 10.1. The third-order valence-electron chi connectivity index (χ3n) is 3.69. The van der Waals surface area contributed by atoms with Gasteiger partial charge in [0.1, 0.15) is 5.76 Å². The van der Waals surface area contributed by atoms with Crippen molar-refractivity contribution in [2.24, 2.45) is 0 Å². The molecule has 2 heterocycles. The summed E-state index contributed by atoms with van der Waals surface area (Å²) < 4.78 is 5.14. The van der Waals surface area contributed by atoms with Crippen molar-refractivity contribution in [2.45, 2.75) is 58.5 Å². The van der Waals surface area contributed by atoms with Gasteiger partial charge in [0.05, 0.1) is 5.69 Å². The zero-order valence-corrected chi connectivity index (χ0v) is 12.0. The minimum atomic E-state index is 0.103. The Balaban J connectivity index is 1.80. The summed E-state index contributed by atoms with van der Waals surface area (Å²) in [5.74, 6) is 0.967. The Kier molecular flexibility index (Phi) is 4.58. The van der Waals surface area contributed by atoms with E-state index in [1.807, 2.05) is 20.8 Å². The molecule has 0 bridgehead atoms. The summed E-state index contributed by atoms with van der Waals surface area (Å²) in [6.07, 6.45) is 3.62. The highest BCUT2D eigenvalue weighted by Crippen LogP contribution is 2.14. The summed E-state index contributed by atoms with van der Waals surface area (Å²) in [5, 5.41) is 10.3. The van der Waals surface area contributed by atoms with Gasteiger partial charge < -0.3 is 15.2 Å². The van der Waals surface area contributed by atoms with Crippen LogP contribution in [0.5, 0.6) is 0 Å². The molecule has 0 aliphatic carbocycles. The van der Waals surface area contributed by atoms with Crippen LogP contribution in [-0.4, -0.2) is 29.7 Å². The van der Waals surface area contributed by atoms with Crippen molar-refractivity contribution in [3.05, 3.63) is 17.0 Å². The molecule has 0 radical (unpaired) electrons. The molecule has 2 rings (SSSR count). The molecule has 1 aliphatic rings. The lowest BCUT2D eigenvalue weighted by Gasteiger charge is -2.16. The molecule has 0 spiro atoms. The molecule has 2 unspecified atom stereocenters. The average Bonchev–Trinajstić information content (AvgIpc) is 2.94. The second kappa shape index (κ2) is 6.19. The first-order chi connectivity index (χ1) is 9.06. The molecule has 2 N–H and O–H groups in total. The molecule has 5 nitrogen and oxygen atoms in total. The van der Waals surface area contributed by atoms with Crippen molar-refractivity contribution in [1.82, 2.24) is 15.8 Å². The number of carbonyl (C=O) groups excluding carboxylic acids is 1. The van der Waals surface area contributed by atoms with E-state index in [9.17, 15) is 4.79 Å². The fourth-order valence-electron chi connectivity index (χ4n) is 2.64. The largest absolute Gasteiger partial charge is 0.361 e. The third-order valence-corrected chi connectivity index (χ3v) is 3.69. The van der Waals surface area contributed by atoms with Crippen molar-refractivity contribution in [3.63, 3.8) is 0 Å². The maximum atomic E-state index is 11.9. The highest BCUT2D eigenvalue weighted by Gasteiger charge is 2.19. The van der Waals surface area contributed by atoms with Crippen LogP contribution >= 0.6 is 0 Å². The minimum Gasteiger partial charge on any atom is -0.361 e. The summed E-state index contributed by atoms with van der Waals surface area (Å²) in [6.45, 7) is 6.90. The van der Waals surface area contributed by atoms with Gasteiger partial charge >= 0.3 is 0 Å². The van der Waals surface area contributed by atoms with Crippen molar-refractivity contribution in [3.8, 4) is 0 Å². The van der Waals surface area contributed by atoms with E-state index >= 15 is 0 Å². The highest BCUT2D eigenvalue weighted by molar-refractivity contribution is 5.76. The van der Waals surface area contributed by atoms with E-state index in [0.29, 0.717) is 12.5 Å². The van der Waals surface area contributed by atoms with E-state index in [0.717, 1.165) is 36.4 Å². The van der Waals surface area contributed by atoms with Crippen molar-refractivity contribution < 1.29 is 9.32 Å². The molecule has 1 amide bonds. The molecule has 0 saturated carbocycles. The summed E-state index contributed by atoms with van der Waals surface area (Å²) in [6, 6.07) is 0.456. The molecule has 0 aromatic carbocycles. The molecule has 1 aromatic heterocycles. The number of rotatable bonds is 5. The van der Waals surface area contributed by atoms with E-state index in [4.69, 9.17) is 4.52 Å². The van der Waals surface area contributed by atoms with Gasteiger partial charge in [-0.2, -0.15) is 0 Å². The lowest BCUT2D eigenvalue weighted by molar-refractivity contribution is -0.122. The van der Waals surface area contributed by atoms with E-state index in [1.165, 1.54) is 6.42 Å². The molecule has 1 aliphatic heterocycles. The Morgan fingerprint density at radius 2 is 2.37 bits per heavy atom. The van der Waals surface area contributed by atoms with E-state index < -0.39 is 0 Å². The highest BCUT2D eigenvalue weighted by atomic mass is 16.5. The molecule has 106 valence electrons. The Morgan fingerprint density at radius 1 is 1.58 bits per heavy atom. The SMILES string of the molecule is Cc1noc(C)c1CC(C)NC(=O)CC1CCCN1. The monoisotopic (exact) mass is 265 g/mol. The number of nitrogens with zero attached hydrogens (tertiary/aromatic N) is 1. The summed E-state index contributed by atoms with van der Waals surface area (Å²) in [5.41, 5.74) is 2.02. The number of aryl methyl sites for hydroxylation is 2. The van der Waals surface area contributed by atoms with Crippen LogP contribution in [0.1, 0.15) is 43.2 Å². The molecule has 5 heteroatoms. The van der Waals surface area contributed by atoms with Crippen LogP contribution < -0.4 is 10.6 Å². The standard InChI is InChI=1S/C14H23N3O2/c1-9(7-13-10(2)17-19-11(13)3)16-14(18)8-12-5-4-6-15-12/h9,12,15H,4-8H2,1-3H3,(H,16,18). The predicted molar refractivity (Wildman–Crippen MR) is 72.9 cm³/mol. The van der Waals surface area contributed by atoms with Gasteiger partial charge in [0.2, 0.25) is 5.91 Å². The van der Waals surface area contributed by atoms with Crippen LogP contribution in [0.25, 0.3) is 0 Å². The van der Waals surface area contributed by atoms with Crippen molar-refractivity contribution in [2.75, 3.05) is 6.54 Å². The topological polar surface area (TPSA) is 67.2 Å². The van der Waals surface area contributed by atoms with Gasteiger partial charge in [0, 0.05) is 24.1 Å². The number of carbonyl (C=O) groups is 1. The second-order valence-corrected chi connectivity index (χ2v) is 5.47. The number of amides is 1. The normalized spacial score (nSPS) is 20.5. The van der Waals surface area contributed by atoms with Crippen LogP contribution in [0, 0.1) is 13.8 Å². The Bertz CT molecular complexity index is 416. The summed E-state index contributed by atoms with van der Waals surface area (Å²) in [7, 11) is 0. The molecule has 1 aromatic rings. The molecular formula is C14H23N3O2. The molecule has 1 saturated heterocycles. The van der Waals surface area contributed by atoms with Gasteiger partial charge in [-0.3, -0.25) is 4.79 Å². The number of hydrogen-bond donors (Lipinski definition) is 2. The van der Waals surface area contributed by atoms with Crippen LogP contribution in [0.2, 0.25) is 0 Å². The first-order valence-electron chi connectivity index (χ1n) is 7.00. The quantitative estimate of drug-likeness (QED) is 0.846. The van der Waals surface area contributed by atoms with Gasteiger partial charge in [0.25, 0.3) is 0 Å². The lowest BCUT2D eigenvalue weighted by Crippen LogP contribution is -2.38. The van der Waals surface area contributed by atoms with Gasteiger partial charge in [-0.05, 0) is 46.6 Å². The number of nitrogens with one attached hydrogen (secondary N) is 2. The van der Waals surface area contributed by atoms with Crippen LogP contribution in [0.15, 0.2) is 4.52 Å². The molecular weight excluding hydrogens is 242 g/mol. The first-order valence-corrected chi connectivity index (χ1v) is 7.00. The summed E-state index contributed by atoms with van der Waals surface area (Å²) >= 11 is 0. The van der Waals surface area contributed by atoms with E-state index in [-0.39, 0.29) is 11.9 Å².